The van der Waals surface area contributed by atoms with Crippen molar-refractivity contribution in [2.45, 2.75) is 13.8 Å². The van der Waals surface area contributed by atoms with Crippen LogP contribution in [0, 0.1) is 12.1 Å². The predicted octanol–water partition coefficient (Wildman–Crippen LogP) is 1.96. The van der Waals surface area contributed by atoms with Crippen molar-refractivity contribution in [2.75, 3.05) is 6.61 Å². The first-order valence-electron chi connectivity index (χ1n) is 6.67. The summed E-state index contributed by atoms with van der Waals surface area (Å²) in [6.07, 6.45) is 1.03. The van der Waals surface area contributed by atoms with Crippen molar-refractivity contribution in [1.29, 1.82) is 0 Å². The fourth-order valence-corrected chi connectivity index (χ4v) is 1.61. The van der Waals surface area contributed by atoms with Crippen molar-refractivity contribution >= 4 is 16.9 Å². The number of hydrogen-bond donors (Lipinski definition) is 0. The van der Waals surface area contributed by atoms with Gasteiger partial charge in [-0.1, -0.05) is 0 Å². The summed E-state index contributed by atoms with van der Waals surface area (Å²) in [7, 11) is 0. The topological polar surface area (TPSA) is 53.2 Å². The Morgan fingerprint density at radius 3 is 3.06 bits per heavy atom. The molecule has 0 aliphatic carbocycles. The smallest absolute Gasteiger partial charge is 0.338 e. The average Bonchev–Trinajstić information content (AvgIpc) is 2.37. The zero-order valence-electron chi connectivity index (χ0n) is 12.3. The van der Waals surface area contributed by atoms with Gasteiger partial charge in [-0.05, 0) is 32.0 Å². The number of aryl methyl sites for hydroxylation is 1. The molecule has 2 aromatic rings. The summed E-state index contributed by atoms with van der Waals surface area (Å²) in [5.74, 6) is -0.508. The van der Waals surface area contributed by atoms with E-state index in [1.165, 1.54) is 24.3 Å². The highest BCUT2D eigenvalue weighted by Gasteiger charge is 2.10. The second-order valence-electron chi connectivity index (χ2n) is 3.55. The molecule has 0 N–H and O–H groups in total. The molecular weight excluding hydrogens is 218 g/mol. The number of pyridine rings is 1. The van der Waals surface area contributed by atoms with Crippen LogP contribution in [0.4, 0.5) is 0 Å². The number of fused-ring (bicyclic) bond motifs is 1. The fourth-order valence-electron chi connectivity index (χ4n) is 1.61. The van der Waals surface area contributed by atoms with E-state index in [1.807, 2.05) is 0 Å². The maximum atomic E-state index is 11.8. The Kier molecular flexibility index (Phi) is 2.09. The number of esters is 1. The lowest BCUT2D eigenvalue weighted by atomic mass is 10.1. The molecule has 88 valence electrons. The molecule has 4 heteroatoms. The SMILES string of the molecule is [2H]C([2H])([2H])c1cc2cc(C(=O)OCC)ccc2[n+]([O-])c1. The largest absolute Gasteiger partial charge is 0.618 e. The minimum Gasteiger partial charge on any atom is -0.618 e. The predicted molar refractivity (Wildman–Crippen MR) is 63.6 cm³/mol. The monoisotopic (exact) mass is 234 g/mol. The van der Waals surface area contributed by atoms with Crippen LogP contribution < -0.4 is 4.73 Å². The maximum absolute atomic E-state index is 11.8. The van der Waals surface area contributed by atoms with E-state index in [9.17, 15) is 10.0 Å². The molecule has 0 amide bonds. The van der Waals surface area contributed by atoms with Gasteiger partial charge in [0, 0.05) is 21.1 Å². The number of carbonyl (C=O) groups is 1. The van der Waals surface area contributed by atoms with E-state index in [0.717, 1.165) is 6.20 Å². The van der Waals surface area contributed by atoms with Crippen molar-refractivity contribution in [3.8, 4) is 0 Å². The molecular formula is C13H13NO3. The fraction of sp³-hybridized carbons (Fsp3) is 0.231. The number of hydrogen-bond acceptors (Lipinski definition) is 3. The number of benzene rings is 1. The van der Waals surface area contributed by atoms with Gasteiger partial charge < -0.3 is 9.94 Å². The molecule has 0 saturated heterocycles. The summed E-state index contributed by atoms with van der Waals surface area (Å²) in [5.41, 5.74) is 0.508. The Bertz CT molecular complexity index is 668. The number of carbonyl (C=O) groups excluding carboxylic acids is 1. The molecule has 0 saturated carbocycles. The molecule has 0 radical (unpaired) electrons. The van der Waals surface area contributed by atoms with Crippen LogP contribution in [0.25, 0.3) is 10.9 Å². The van der Waals surface area contributed by atoms with E-state index in [-0.39, 0.29) is 17.7 Å². The molecule has 0 aliphatic heterocycles. The molecule has 0 spiro atoms. The van der Waals surface area contributed by atoms with Crippen LogP contribution in [-0.4, -0.2) is 12.6 Å². The van der Waals surface area contributed by atoms with Gasteiger partial charge in [0.2, 0.25) is 5.52 Å². The Hall–Kier alpha value is -2.10. The molecule has 2 rings (SSSR count). The molecule has 17 heavy (non-hydrogen) atoms. The number of nitrogens with zero attached hydrogens (tertiary/aromatic N) is 1. The van der Waals surface area contributed by atoms with Crippen LogP contribution >= 0.6 is 0 Å². The third kappa shape index (κ3) is 2.20. The quantitative estimate of drug-likeness (QED) is 0.453. The number of ether oxygens (including phenoxy) is 1. The van der Waals surface area contributed by atoms with Gasteiger partial charge in [-0.25, -0.2) is 4.79 Å². The minimum atomic E-state index is -2.37. The summed E-state index contributed by atoms with van der Waals surface area (Å²) >= 11 is 0. The second kappa shape index (κ2) is 4.41. The minimum absolute atomic E-state index is 0.0685. The van der Waals surface area contributed by atoms with Gasteiger partial charge in [-0.2, -0.15) is 4.73 Å². The van der Waals surface area contributed by atoms with Crippen molar-refractivity contribution in [3.63, 3.8) is 0 Å². The first-order chi connectivity index (χ1) is 9.32. The van der Waals surface area contributed by atoms with Crippen LogP contribution in [0.2, 0.25) is 0 Å². The van der Waals surface area contributed by atoms with Crippen molar-refractivity contribution < 1.29 is 18.4 Å². The van der Waals surface area contributed by atoms with Gasteiger partial charge >= 0.3 is 5.97 Å². The van der Waals surface area contributed by atoms with E-state index in [0.29, 0.717) is 15.6 Å². The van der Waals surface area contributed by atoms with E-state index in [1.54, 1.807) is 6.92 Å². The first-order valence-corrected chi connectivity index (χ1v) is 5.17. The highest BCUT2D eigenvalue weighted by Crippen LogP contribution is 2.14. The molecule has 0 unspecified atom stereocenters. The van der Waals surface area contributed by atoms with Crippen LogP contribution in [0.3, 0.4) is 0 Å². The summed E-state index contributed by atoms with van der Waals surface area (Å²) in [6.45, 7) is -0.439. The zero-order valence-corrected chi connectivity index (χ0v) is 9.27. The molecule has 0 atom stereocenters. The standard InChI is InChI=1S/C13H13NO3/c1-3-17-13(15)10-4-5-12-11(7-10)6-9(2)8-14(12)16/h4-8H,3H2,1-2H3/i2D3. The maximum Gasteiger partial charge on any atom is 0.338 e. The van der Waals surface area contributed by atoms with Crippen LogP contribution in [-0.2, 0) is 4.74 Å². The molecule has 0 bridgehead atoms. The number of rotatable bonds is 2. The van der Waals surface area contributed by atoms with Gasteiger partial charge in [-0.3, -0.25) is 0 Å². The molecule has 1 aromatic carbocycles. The molecule has 1 aromatic heterocycles. The van der Waals surface area contributed by atoms with Crippen LogP contribution in [0.1, 0.15) is 27.0 Å². The van der Waals surface area contributed by atoms with E-state index < -0.39 is 12.8 Å². The van der Waals surface area contributed by atoms with Crippen molar-refractivity contribution in [3.05, 3.63) is 46.8 Å². The lowest BCUT2D eigenvalue weighted by Crippen LogP contribution is -2.26. The van der Waals surface area contributed by atoms with E-state index in [4.69, 9.17) is 8.85 Å². The van der Waals surface area contributed by atoms with Gasteiger partial charge in [0.05, 0.1) is 12.2 Å². The highest BCUT2D eigenvalue weighted by molar-refractivity contribution is 5.93. The zero-order chi connectivity index (χ0) is 14.9. The normalized spacial score (nSPS) is 13.8. The van der Waals surface area contributed by atoms with Gasteiger partial charge in [0.25, 0.3) is 0 Å². The lowest BCUT2D eigenvalue weighted by Gasteiger charge is -2.05. The Morgan fingerprint density at radius 1 is 1.53 bits per heavy atom. The molecule has 0 aliphatic rings. The second-order valence-corrected chi connectivity index (χ2v) is 3.55. The van der Waals surface area contributed by atoms with Crippen LogP contribution in [0.5, 0.6) is 0 Å². The molecule has 4 nitrogen and oxygen atoms in total. The Labute approximate surface area is 103 Å². The lowest BCUT2D eigenvalue weighted by molar-refractivity contribution is -0.577. The first kappa shape index (κ1) is 8.06. The summed E-state index contributed by atoms with van der Waals surface area (Å²) in [6, 6.07) is 5.79. The third-order valence-corrected chi connectivity index (χ3v) is 2.34. The molecule has 1 heterocycles. The van der Waals surface area contributed by atoms with Gasteiger partial charge in [-0.15, -0.1) is 0 Å². The molecule has 0 fully saturated rings. The summed E-state index contributed by atoms with van der Waals surface area (Å²) < 4.78 is 27.4. The highest BCUT2D eigenvalue weighted by atomic mass is 16.5. The van der Waals surface area contributed by atoms with Crippen LogP contribution in [0.15, 0.2) is 30.5 Å². The van der Waals surface area contributed by atoms with Gasteiger partial charge in [0.1, 0.15) is 0 Å². The summed E-state index contributed by atoms with van der Waals surface area (Å²) in [5, 5.41) is 12.2. The van der Waals surface area contributed by atoms with Crippen molar-refractivity contribution in [1.82, 2.24) is 0 Å². The third-order valence-electron chi connectivity index (χ3n) is 2.34. The summed E-state index contributed by atoms with van der Waals surface area (Å²) in [4.78, 5) is 11.6. The Morgan fingerprint density at radius 2 is 2.35 bits per heavy atom. The Balaban J connectivity index is 2.58. The van der Waals surface area contributed by atoms with Gasteiger partial charge in [0.15, 0.2) is 6.20 Å². The van der Waals surface area contributed by atoms with Crippen molar-refractivity contribution in [2.24, 2.45) is 0 Å². The van der Waals surface area contributed by atoms with E-state index in [2.05, 4.69) is 0 Å². The van der Waals surface area contributed by atoms with E-state index >= 15 is 0 Å². The average molecular weight is 234 g/mol. The number of aromatic nitrogens is 1.